The number of ether oxygens (including phenoxy) is 1. The van der Waals surface area contributed by atoms with Gasteiger partial charge in [-0.05, 0) is 59.8 Å². The lowest BCUT2D eigenvalue weighted by atomic mass is 9.94. The number of amides is 2. The van der Waals surface area contributed by atoms with Crippen LogP contribution in [-0.4, -0.2) is 52.5 Å². The highest BCUT2D eigenvalue weighted by molar-refractivity contribution is 5.75. The molecular formula is C16H30N2O3. The van der Waals surface area contributed by atoms with Gasteiger partial charge in [-0.25, -0.2) is 4.79 Å². The molecule has 0 aromatic rings. The molecule has 1 unspecified atom stereocenters. The minimum Gasteiger partial charge on any atom is -0.396 e. The van der Waals surface area contributed by atoms with Gasteiger partial charge in [-0.1, -0.05) is 0 Å². The molecule has 5 heteroatoms. The predicted molar refractivity (Wildman–Crippen MR) is 82.2 cm³/mol. The topological polar surface area (TPSA) is 61.8 Å². The SMILES string of the molecule is CC1(C)CC(NC(=O)N(CCCCO)C2CC2)C(C)(C)O1. The second kappa shape index (κ2) is 6.13. The number of hydrogen-bond acceptors (Lipinski definition) is 3. The molecule has 0 aromatic carbocycles. The Hall–Kier alpha value is -0.810. The van der Waals surface area contributed by atoms with Gasteiger partial charge in [0.15, 0.2) is 0 Å². The Labute approximate surface area is 128 Å². The Bertz CT molecular complexity index is 378. The Morgan fingerprint density at radius 1 is 1.29 bits per heavy atom. The molecule has 1 aliphatic carbocycles. The third-order valence-electron chi connectivity index (χ3n) is 4.43. The number of unbranched alkanes of at least 4 members (excludes halogenated alkanes) is 1. The van der Waals surface area contributed by atoms with E-state index in [0.717, 1.165) is 38.6 Å². The predicted octanol–water partition coefficient (Wildman–Crippen LogP) is 2.28. The second-order valence-electron chi connectivity index (χ2n) is 7.53. The Balaban J connectivity index is 1.92. The third kappa shape index (κ3) is 4.33. The van der Waals surface area contributed by atoms with E-state index in [9.17, 15) is 4.79 Å². The first-order valence-corrected chi connectivity index (χ1v) is 8.13. The highest BCUT2D eigenvalue weighted by Gasteiger charge is 2.47. The minimum absolute atomic E-state index is 0.0230. The van der Waals surface area contributed by atoms with Crippen molar-refractivity contribution in [1.82, 2.24) is 10.2 Å². The summed E-state index contributed by atoms with van der Waals surface area (Å²) in [5.74, 6) is 0. The van der Waals surface area contributed by atoms with E-state index in [0.29, 0.717) is 6.04 Å². The molecule has 1 heterocycles. The van der Waals surface area contributed by atoms with Gasteiger partial charge in [-0.3, -0.25) is 0 Å². The van der Waals surface area contributed by atoms with Gasteiger partial charge < -0.3 is 20.1 Å². The molecule has 2 rings (SSSR count). The lowest BCUT2D eigenvalue weighted by molar-refractivity contribution is -0.0693. The lowest BCUT2D eigenvalue weighted by Crippen LogP contribution is -2.51. The molecule has 0 bridgehead atoms. The van der Waals surface area contributed by atoms with Crippen molar-refractivity contribution in [3.8, 4) is 0 Å². The van der Waals surface area contributed by atoms with E-state index in [-0.39, 0.29) is 29.9 Å². The third-order valence-corrected chi connectivity index (χ3v) is 4.43. The van der Waals surface area contributed by atoms with Gasteiger partial charge in [-0.15, -0.1) is 0 Å². The molecular weight excluding hydrogens is 268 g/mol. The van der Waals surface area contributed by atoms with Gasteiger partial charge in [0.1, 0.15) is 0 Å². The standard InChI is InChI=1S/C16H30N2O3/c1-15(2)11-13(16(3,4)21-15)17-14(20)18(12-7-8-12)9-5-6-10-19/h12-13,19H,5-11H2,1-4H3,(H,17,20). The quantitative estimate of drug-likeness (QED) is 0.740. The number of carbonyl (C=O) groups is 1. The molecule has 1 aliphatic heterocycles. The van der Waals surface area contributed by atoms with E-state index in [2.05, 4.69) is 19.2 Å². The second-order valence-corrected chi connectivity index (χ2v) is 7.53. The van der Waals surface area contributed by atoms with Crippen molar-refractivity contribution in [3.05, 3.63) is 0 Å². The van der Waals surface area contributed by atoms with Crippen LogP contribution in [-0.2, 0) is 4.74 Å². The molecule has 0 radical (unpaired) electrons. The van der Waals surface area contributed by atoms with Gasteiger partial charge in [-0.2, -0.15) is 0 Å². The monoisotopic (exact) mass is 298 g/mol. The maximum Gasteiger partial charge on any atom is 0.317 e. The van der Waals surface area contributed by atoms with Crippen LogP contribution in [0.15, 0.2) is 0 Å². The summed E-state index contributed by atoms with van der Waals surface area (Å²) in [4.78, 5) is 14.5. The fourth-order valence-corrected chi connectivity index (χ4v) is 3.25. The first kappa shape index (κ1) is 16.6. The van der Waals surface area contributed by atoms with Crippen LogP contribution in [0, 0.1) is 0 Å². The number of rotatable bonds is 6. The zero-order valence-electron chi connectivity index (χ0n) is 13.8. The highest BCUT2D eigenvalue weighted by atomic mass is 16.5. The van der Waals surface area contributed by atoms with E-state index in [1.54, 1.807) is 0 Å². The van der Waals surface area contributed by atoms with Gasteiger partial charge in [0, 0.05) is 19.2 Å². The molecule has 5 nitrogen and oxygen atoms in total. The average Bonchev–Trinajstić information content (AvgIpc) is 3.12. The molecule has 2 amide bonds. The van der Waals surface area contributed by atoms with E-state index < -0.39 is 0 Å². The number of carbonyl (C=O) groups excluding carboxylic acids is 1. The summed E-state index contributed by atoms with van der Waals surface area (Å²) in [5, 5.41) is 12.1. The van der Waals surface area contributed by atoms with Crippen molar-refractivity contribution in [2.75, 3.05) is 13.2 Å². The Kier molecular flexibility index (Phi) is 4.83. The van der Waals surface area contributed by atoms with Crippen LogP contribution in [0.4, 0.5) is 4.79 Å². The number of aliphatic hydroxyl groups is 1. The molecule has 1 saturated heterocycles. The van der Waals surface area contributed by atoms with Crippen LogP contribution in [0.25, 0.3) is 0 Å². The first-order chi connectivity index (χ1) is 9.75. The number of urea groups is 1. The van der Waals surface area contributed by atoms with Gasteiger partial charge in [0.2, 0.25) is 0 Å². The first-order valence-electron chi connectivity index (χ1n) is 8.13. The zero-order valence-corrected chi connectivity index (χ0v) is 13.8. The molecule has 0 aromatic heterocycles. The molecule has 2 N–H and O–H groups in total. The molecule has 122 valence electrons. The number of aliphatic hydroxyl groups excluding tert-OH is 1. The van der Waals surface area contributed by atoms with Crippen molar-refractivity contribution in [2.45, 2.75) is 83.1 Å². The molecule has 0 spiro atoms. The summed E-state index contributed by atoms with van der Waals surface area (Å²) < 4.78 is 6.04. The number of nitrogens with one attached hydrogen (secondary N) is 1. The summed E-state index contributed by atoms with van der Waals surface area (Å²) >= 11 is 0. The lowest BCUT2D eigenvalue weighted by Gasteiger charge is -2.30. The molecule has 1 atom stereocenters. The fraction of sp³-hybridized carbons (Fsp3) is 0.938. The van der Waals surface area contributed by atoms with E-state index in [1.165, 1.54) is 0 Å². The van der Waals surface area contributed by atoms with Crippen molar-refractivity contribution < 1.29 is 14.6 Å². The normalized spacial score (nSPS) is 26.6. The van der Waals surface area contributed by atoms with Gasteiger partial charge in [0.25, 0.3) is 0 Å². The Morgan fingerprint density at radius 3 is 2.43 bits per heavy atom. The molecule has 2 fully saturated rings. The largest absolute Gasteiger partial charge is 0.396 e. The summed E-state index contributed by atoms with van der Waals surface area (Å²) in [6, 6.07) is 0.455. The summed E-state index contributed by atoms with van der Waals surface area (Å²) in [6.45, 7) is 9.15. The van der Waals surface area contributed by atoms with E-state index >= 15 is 0 Å². The summed E-state index contributed by atoms with van der Waals surface area (Å²) in [7, 11) is 0. The van der Waals surface area contributed by atoms with Crippen LogP contribution in [0.5, 0.6) is 0 Å². The maximum absolute atomic E-state index is 12.6. The van der Waals surface area contributed by atoms with Crippen molar-refractivity contribution in [2.24, 2.45) is 0 Å². The van der Waals surface area contributed by atoms with Crippen LogP contribution in [0.1, 0.15) is 59.8 Å². The summed E-state index contributed by atoms with van der Waals surface area (Å²) in [6.07, 6.45) is 4.64. The summed E-state index contributed by atoms with van der Waals surface area (Å²) in [5.41, 5.74) is -0.526. The van der Waals surface area contributed by atoms with Gasteiger partial charge >= 0.3 is 6.03 Å². The fourth-order valence-electron chi connectivity index (χ4n) is 3.25. The van der Waals surface area contributed by atoms with Crippen LogP contribution < -0.4 is 5.32 Å². The van der Waals surface area contributed by atoms with Crippen molar-refractivity contribution in [1.29, 1.82) is 0 Å². The van der Waals surface area contributed by atoms with E-state index in [1.807, 2.05) is 18.7 Å². The number of hydrogen-bond donors (Lipinski definition) is 2. The van der Waals surface area contributed by atoms with Crippen molar-refractivity contribution >= 4 is 6.03 Å². The highest BCUT2D eigenvalue weighted by Crippen LogP contribution is 2.37. The van der Waals surface area contributed by atoms with Gasteiger partial charge in [0.05, 0.1) is 17.2 Å². The molecule has 2 aliphatic rings. The van der Waals surface area contributed by atoms with Crippen LogP contribution >= 0.6 is 0 Å². The van der Waals surface area contributed by atoms with Crippen LogP contribution in [0.2, 0.25) is 0 Å². The number of nitrogens with zero attached hydrogens (tertiary/aromatic N) is 1. The van der Waals surface area contributed by atoms with Crippen molar-refractivity contribution in [3.63, 3.8) is 0 Å². The Morgan fingerprint density at radius 2 is 1.95 bits per heavy atom. The molecule has 1 saturated carbocycles. The minimum atomic E-state index is -0.334. The van der Waals surface area contributed by atoms with E-state index in [4.69, 9.17) is 9.84 Å². The van der Waals surface area contributed by atoms with Crippen LogP contribution in [0.3, 0.4) is 0 Å². The molecule has 21 heavy (non-hydrogen) atoms. The average molecular weight is 298 g/mol. The zero-order chi connectivity index (χ0) is 15.7. The maximum atomic E-state index is 12.6. The smallest absolute Gasteiger partial charge is 0.317 e.